The summed E-state index contributed by atoms with van der Waals surface area (Å²) in [6, 6.07) is 90.0. The Morgan fingerprint density at radius 2 is 0.710 bits per heavy atom. The third-order valence-electron chi connectivity index (χ3n) is 15.4. The molecule has 0 bridgehead atoms. The lowest BCUT2D eigenvalue weighted by molar-refractivity contribution is 0.633. The van der Waals surface area contributed by atoms with Crippen molar-refractivity contribution in [2.75, 3.05) is 0 Å². The van der Waals surface area contributed by atoms with Gasteiger partial charge in [-0.05, 0) is 108 Å². The molecule has 3 aliphatic carbocycles. The first-order valence-electron chi connectivity index (χ1n) is 23.8. The van der Waals surface area contributed by atoms with Crippen LogP contribution in [0.4, 0.5) is 0 Å². The van der Waals surface area contributed by atoms with Crippen molar-refractivity contribution in [3.05, 3.63) is 287 Å². The van der Waals surface area contributed by atoms with Gasteiger partial charge in [0.2, 0.25) is 0 Å². The van der Waals surface area contributed by atoms with Crippen LogP contribution in [-0.4, -0.2) is 9.97 Å². The van der Waals surface area contributed by atoms with Crippen LogP contribution < -0.4 is 0 Å². The van der Waals surface area contributed by atoms with E-state index in [1.807, 2.05) is 17.4 Å². The normalized spacial score (nSPS) is 14.0. The highest BCUT2D eigenvalue weighted by molar-refractivity contribution is 7.25. The zero-order chi connectivity index (χ0) is 45.3. The summed E-state index contributed by atoms with van der Waals surface area (Å²) in [5, 5.41) is 2.61. The molecule has 2 nitrogen and oxygen atoms in total. The second-order valence-corrected chi connectivity index (χ2v) is 19.8. The number of fused-ring (bicyclic) bond motifs is 19. The molecule has 3 aliphatic rings. The van der Waals surface area contributed by atoms with Crippen molar-refractivity contribution in [2.24, 2.45) is 0 Å². The van der Waals surface area contributed by atoms with E-state index >= 15 is 0 Å². The van der Waals surface area contributed by atoms with E-state index in [4.69, 9.17) is 9.97 Å². The Labute approximate surface area is 404 Å². The number of hydrogen-bond donors (Lipinski definition) is 0. The van der Waals surface area contributed by atoms with Crippen LogP contribution in [0.25, 0.3) is 87.5 Å². The highest BCUT2D eigenvalue weighted by atomic mass is 32.1. The Kier molecular flexibility index (Phi) is 8.11. The minimum atomic E-state index is -0.613. The topological polar surface area (TPSA) is 25.8 Å². The van der Waals surface area contributed by atoms with Gasteiger partial charge in [0.05, 0.1) is 22.2 Å². The number of nitrogens with zero attached hydrogens (tertiary/aromatic N) is 2. The lowest BCUT2D eigenvalue weighted by Gasteiger charge is -2.48. The zero-order valence-electron chi connectivity index (χ0n) is 37.4. The monoisotopic (exact) mass is 892 g/mol. The van der Waals surface area contributed by atoms with Gasteiger partial charge in [0.1, 0.15) is 0 Å². The van der Waals surface area contributed by atoms with Crippen molar-refractivity contribution in [3.8, 4) is 67.3 Å². The number of hydrogen-bond acceptors (Lipinski definition) is 3. The van der Waals surface area contributed by atoms with Crippen molar-refractivity contribution < 1.29 is 0 Å². The first-order chi connectivity index (χ1) is 34.2. The maximum Gasteiger partial charge on any atom is 0.160 e. The molecule has 320 valence electrons. The van der Waals surface area contributed by atoms with Crippen LogP contribution in [0, 0.1) is 0 Å². The van der Waals surface area contributed by atoms with Gasteiger partial charge in [0, 0.05) is 36.9 Å². The smallest absolute Gasteiger partial charge is 0.160 e. The molecule has 0 unspecified atom stereocenters. The van der Waals surface area contributed by atoms with Gasteiger partial charge in [-0.1, -0.05) is 212 Å². The van der Waals surface area contributed by atoms with Crippen LogP contribution in [0.3, 0.4) is 0 Å². The van der Waals surface area contributed by atoms with E-state index in [0.717, 1.165) is 28.1 Å². The maximum atomic E-state index is 5.38. The highest BCUT2D eigenvalue weighted by Gasteiger charge is 2.59. The molecule has 2 heterocycles. The third-order valence-corrected chi connectivity index (χ3v) is 16.5. The third kappa shape index (κ3) is 5.25. The van der Waals surface area contributed by atoms with Crippen LogP contribution in [0.5, 0.6) is 0 Å². The first kappa shape index (κ1) is 38.6. The molecule has 10 aromatic carbocycles. The van der Waals surface area contributed by atoms with Crippen molar-refractivity contribution >= 4 is 31.5 Å². The lowest BCUT2D eigenvalue weighted by Crippen LogP contribution is -2.43. The predicted octanol–water partition coefficient (Wildman–Crippen LogP) is 16.6. The minimum Gasteiger partial charge on any atom is -0.228 e. The number of rotatable bonds is 4. The Bertz CT molecular complexity index is 3980. The summed E-state index contributed by atoms with van der Waals surface area (Å²) < 4.78 is 2.60. The van der Waals surface area contributed by atoms with Crippen LogP contribution in [0.2, 0.25) is 0 Å². The quantitative estimate of drug-likeness (QED) is 0.176. The van der Waals surface area contributed by atoms with Crippen LogP contribution in [0.15, 0.2) is 243 Å². The zero-order valence-corrected chi connectivity index (χ0v) is 38.2. The molecule has 0 radical (unpaired) electrons. The molecule has 0 N–H and O–H groups in total. The second-order valence-electron chi connectivity index (χ2n) is 18.7. The molecular weight excluding hydrogens is 853 g/mol. The van der Waals surface area contributed by atoms with Gasteiger partial charge < -0.3 is 0 Å². The maximum absolute atomic E-state index is 5.38. The van der Waals surface area contributed by atoms with E-state index < -0.39 is 10.8 Å². The van der Waals surface area contributed by atoms with Crippen molar-refractivity contribution in [1.29, 1.82) is 0 Å². The predicted molar refractivity (Wildman–Crippen MR) is 285 cm³/mol. The fraction of sp³-hybridized carbons (Fsp3) is 0.0303. The molecule has 15 rings (SSSR count). The van der Waals surface area contributed by atoms with Gasteiger partial charge in [0.15, 0.2) is 5.82 Å². The molecule has 0 saturated heterocycles. The van der Waals surface area contributed by atoms with Crippen LogP contribution in [0.1, 0.15) is 44.5 Å². The molecule has 0 fully saturated rings. The SMILES string of the molecule is c1ccc(-c2ccc(-c3cc(-c4ccc5c(c4)-c4cc6sc7ccccc7c6cc4C54c5ccccc5C5(c6ccccc6-c6ccccc65)c5ccccc54)nc(-c4ccccc4)n3)cc2)cc1. The molecule has 12 aromatic rings. The molecule has 0 amide bonds. The lowest BCUT2D eigenvalue weighted by atomic mass is 9.52. The number of aromatic nitrogens is 2. The summed E-state index contributed by atoms with van der Waals surface area (Å²) in [5.41, 5.74) is 21.9. The molecular formula is C66H40N2S. The fourth-order valence-corrected chi connectivity index (χ4v) is 13.7. The summed E-state index contributed by atoms with van der Waals surface area (Å²) >= 11 is 1.89. The van der Waals surface area contributed by atoms with E-state index in [-0.39, 0.29) is 0 Å². The van der Waals surface area contributed by atoms with Crippen molar-refractivity contribution in [1.82, 2.24) is 9.97 Å². The average molecular weight is 893 g/mol. The minimum absolute atomic E-state index is 0.502. The standard InChI is InChI=1S/C66H40N2S/c1-3-17-41(18-4-1)42-31-33-43(34-32-42)60-40-61(68-64(67-60)44-19-5-2-6-20-44)45-35-36-54-49(37-45)50-39-63-51(48-23-9-16-30-62(48)69-63)38-59(50)66(54)57-28-14-12-26-55(57)65(56-27-13-15-29-58(56)66)52-24-10-7-21-46(52)47-22-8-11-25-53(47)65/h1-40H. The van der Waals surface area contributed by atoms with Gasteiger partial charge in [-0.15, -0.1) is 11.3 Å². The summed E-state index contributed by atoms with van der Waals surface area (Å²) in [6.07, 6.45) is 0. The summed E-state index contributed by atoms with van der Waals surface area (Å²) in [4.78, 5) is 10.6. The van der Waals surface area contributed by atoms with Gasteiger partial charge in [-0.3, -0.25) is 0 Å². The Morgan fingerprint density at radius 3 is 1.35 bits per heavy atom. The fourth-order valence-electron chi connectivity index (χ4n) is 12.6. The molecule has 2 aromatic heterocycles. The molecule has 0 saturated carbocycles. The number of thiophene rings is 1. The van der Waals surface area contributed by atoms with E-state index in [1.54, 1.807) is 0 Å². The summed E-state index contributed by atoms with van der Waals surface area (Å²) in [6.45, 7) is 0. The van der Waals surface area contributed by atoms with E-state index in [0.29, 0.717) is 5.82 Å². The molecule has 69 heavy (non-hydrogen) atoms. The Morgan fingerprint density at radius 1 is 0.261 bits per heavy atom. The molecule has 3 heteroatoms. The molecule has 0 atom stereocenters. The van der Waals surface area contributed by atoms with Gasteiger partial charge >= 0.3 is 0 Å². The molecule has 2 spiro atoms. The van der Waals surface area contributed by atoms with Crippen molar-refractivity contribution in [3.63, 3.8) is 0 Å². The Balaban J connectivity index is 1.00. The van der Waals surface area contributed by atoms with Crippen molar-refractivity contribution in [2.45, 2.75) is 10.8 Å². The van der Waals surface area contributed by atoms with E-state index in [2.05, 4.69) is 237 Å². The highest BCUT2D eigenvalue weighted by Crippen LogP contribution is 2.68. The van der Waals surface area contributed by atoms with E-state index in [9.17, 15) is 0 Å². The Hall–Kier alpha value is -8.50. The number of benzene rings is 10. The van der Waals surface area contributed by atoms with E-state index in [1.165, 1.54) is 98.1 Å². The average Bonchev–Trinajstić information content (AvgIpc) is 4.04. The summed E-state index contributed by atoms with van der Waals surface area (Å²) in [5.74, 6) is 0.706. The van der Waals surface area contributed by atoms with Gasteiger partial charge in [-0.2, -0.15) is 0 Å². The summed E-state index contributed by atoms with van der Waals surface area (Å²) in [7, 11) is 0. The van der Waals surface area contributed by atoms with Crippen LogP contribution >= 0.6 is 11.3 Å². The largest absolute Gasteiger partial charge is 0.228 e. The van der Waals surface area contributed by atoms with Gasteiger partial charge in [-0.25, -0.2) is 9.97 Å². The van der Waals surface area contributed by atoms with Crippen LogP contribution in [-0.2, 0) is 10.8 Å². The van der Waals surface area contributed by atoms with Gasteiger partial charge in [0.25, 0.3) is 0 Å². The first-order valence-corrected chi connectivity index (χ1v) is 24.6. The molecule has 0 aliphatic heterocycles. The second kappa shape index (κ2) is 14.5.